The number of anilines is 1. The van der Waals surface area contributed by atoms with Crippen LogP contribution in [0.1, 0.15) is 49.1 Å². The third kappa shape index (κ3) is 10.9. The Morgan fingerprint density at radius 3 is 2.24 bits per heavy atom. The number of alkyl carbamates (subject to hydrolysis) is 1. The van der Waals surface area contributed by atoms with Crippen molar-refractivity contribution in [1.82, 2.24) is 16.0 Å². The number of para-hydroxylation sites is 1. The molecule has 2 heterocycles. The molecule has 0 aliphatic carbocycles. The minimum Gasteiger partial charge on any atom is -0.453 e. The first kappa shape index (κ1) is 36.1. The van der Waals surface area contributed by atoms with Gasteiger partial charge in [-0.15, -0.1) is 0 Å². The summed E-state index contributed by atoms with van der Waals surface area (Å²) in [5.74, 6) is -0.920. The Morgan fingerprint density at radius 2 is 1.63 bits per heavy atom. The van der Waals surface area contributed by atoms with Gasteiger partial charge in [0.2, 0.25) is 5.91 Å². The maximum atomic E-state index is 14.1. The number of carbonyl (C=O) groups is 2. The number of aryl methyl sites for hydroxylation is 1. The number of hydrogen-bond acceptors (Lipinski definition) is 9. The zero-order valence-electron chi connectivity index (χ0n) is 26.3. The van der Waals surface area contributed by atoms with E-state index >= 15 is 0 Å². The van der Waals surface area contributed by atoms with Crippen LogP contribution >= 0.6 is 11.6 Å². The highest BCUT2D eigenvalue weighted by atomic mass is 35.5. The minimum absolute atomic E-state index is 0.0165. The van der Waals surface area contributed by atoms with Crippen LogP contribution < -0.4 is 21.3 Å². The Balaban J connectivity index is 1.46. The van der Waals surface area contributed by atoms with Gasteiger partial charge in [0.05, 0.1) is 18.6 Å². The average molecular weight is 697 g/mol. The smallest absolute Gasteiger partial charge is 0.407 e. The van der Waals surface area contributed by atoms with E-state index in [1.54, 1.807) is 12.1 Å². The largest absolute Gasteiger partial charge is 0.453 e. The van der Waals surface area contributed by atoms with Crippen LogP contribution in [0.3, 0.4) is 0 Å². The Kier molecular flexibility index (Phi) is 12.9. The first-order valence-corrected chi connectivity index (χ1v) is 19.9. The molecule has 4 atom stereocenters. The van der Waals surface area contributed by atoms with Crippen molar-refractivity contribution in [1.29, 1.82) is 0 Å². The summed E-state index contributed by atoms with van der Waals surface area (Å²) in [6.07, 6.45) is 4.13. The number of nitrogens with one attached hydrogen (secondary N) is 4. The molecule has 2 aliphatic heterocycles. The summed E-state index contributed by atoms with van der Waals surface area (Å²) in [5, 5.41) is 13.4. The molecule has 0 aromatic heterocycles. The molecule has 14 heteroatoms. The second kappa shape index (κ2) is 16.4. The number of sulfone groups is 2. The summed E-state index contributed by atoms with van der Waals surface area (Å²) < 4.78 is 52.3. The van der Waals surface area contributed by atoms with Crippen LogP contribution in [0, 0.1) is 5.92 Å². The highest BCUT2D eigenvalue weighted by Gasteiger charge is 2.39. The summed E-state index contributed by atoms with van der Waals surface area (Å²) in [5.41, 5.74) is 2.34. The average Bonchev–Trinajstić information content (AvgIpc) is 3.01. The molecule has 0 bridgehead atoms. The summed E-state index contributed by atoms with van der Waals surface area (Å²) in [6.45, 7) is 1.51. The van der Waals surface area contributed by atoms with Gasteiger partial charge < -0.3 is 26.0 Å². The molecular formula is C32H45ClN4O7S2. The molecule has 2 amide bonds. The first-order chi connectivity index (χ1) is 21.8. The third-order valence-electron chi connectivity index (χ3n) is 8.87. The second-order valence-electron chi connectivity index (χ2n) is 12.3. The van der Waals surface area contributed by atoms with Crippen LogP contribution in [-0.2, 0) is 35.6 Å². The minimum atomic E-state index is -3.16. The third-order valence-corrected chi connectivity index (χ3v) is 11.9. The molecule has 2 fully saturated rings. The topological polar surface area (TPSA) is 160 Å². The zero-order valence-corrected chi connectivity index (χ0v) is 28.7. The number of piperazine rings is 1. The van der Waals surface area contributed by atoms with E-state index in [0.29, 0.717) is 36.4 Å². The normalized spacial score (nSPS) is 21.5. The summed E-state index contributed by atoms with van der Waals surface area (Å²) in [4.78, 5) is 26.6. The van der Waals surface area contributed by atoms with Gasteiger partial charge in [-0.2, -0.15) is 0 Å². The molecule has 2 saturated heterocycles. The molecule has 2 aliphatic rings. The molecule has 11 nitrogen and oxygen atoms in total. The maximum absolute atomic E-state index is 14.1. The summed E-state index contributed by atoms with van der Waals surface area (Å²) >= 11 is 6.16. The molecular weight excluding hydrogens is 652 g/mol. The van der Waals surface area contributed by atoms with Crippen molar-refractivity contribution in [3.8, 4) is 0 Å². The lowest BCUT2D eigenvalue weighted by atomic mass is 9.77. The fourth-order valence-electron chi connectivity index (χ4n) is 6.36. The van der Waals surface area contributed by atoms with Gasteiger partial charge in [0.15, 0.2) is 0 Å². The predicted molar refractivity (Wildman–Crippen MR) is 181 cm³/mol. The van der Waals surface area contributed by atoms with Crippen molar-refractivity contribution in [3.63, 3.8) is 0 Å². The van der Waals surface area contributed by atoms with E-state index in [1.165, 1.54) is 13.4 Å². The summed E-state index contributed by atoms with van der Waals surface area (Å²) in [7, 11) is -4.89. The SMILES string of the molecule is COC(=O)N[C@H](C(=O)Nc1ccccc1CC[C@H]1CNC(CCCS(C)(=O)=O)CN1)[C@@H](c1ccc(Cl)cc1)C1CCS(=O)(=O)CC1. The number of methoxy groups -OCH3 is 1. The Bertz CT molecular complexity index is 1530. The van der Waals surface area contributed by atoms with Crippen LogP contribution in [0.4, 0.5) is 10.5 Å². The van der Waals surface area contributed by atoms with E-state index in [1.807, 2.05) is 36.4 Å². The van der Waals surface area contributed by atoms with Crippen LogP contribution in [0.15, 0.2) is 48.5 Å². The molecule has 46 heavy (non-hydrogen) atoms. The van der Waals surface area contributed by atoms with Gasteiger partial charge in [-0.05, 0) is 73.8 Å². The van der Waals surface area contributed by atoms with Crippen molar-refractivity contribution in [2.24, 2.45) is 5.92 Å². The van der Waals surface area contributed by atoms with E-state index < -0.39 is 43.6 Å². The van der Waals surface area contributed by atoms with Gasteiger partial charge in [-0.1, -0.05) is 41.9 Å². The lowest BCUT2D eigenvalue weighted by Crippen LogP contribution is -2.54. The fourth-order valence-corrected chi connectivity index (χ4v) is 8.70. The first-order valence-electron chi connectivity index (χ1n) is 15.7. The van der Waals surface area contributed by atoms with Gasteiger partial charge >= 0.3 is 6.09 Å². The van der Waals surface area contributed by atoms with E-state index in [2.05, 4.69) is 21.3 Å². The molecule has 0 spiro atoms. The van der Waals surface area contributed by atoms with Crippen molar-refractivity contribution in [2.75, 3.05) is 49.0 Å². The quantitative estimate of drug-likeness (QED) is 0.247. The molecule has 4 rings (SSSR count). The molecule has 0 radical (unpaired) electrons. The van der Waals surface area contributed by atoms with Gasteiger partial charge in [0, 0.05) is 53.8 Å². The Hall–Kier alpha value is -2.71. The van der Waals surface area contributed by atoms with Gasteiger partial charge in [0.1, 0.15) is 25.7 Å². The van der Waals surface area contributed by atoms with Crippen molar-refractivity contribution >= 4 is 49.0 Å². The number of halogens is 1. The highest BCUT2D eigenvalue weighted by molar-refractivity contribution is 7.91. The molecule has 2 aromatic carbocycles. The van der Waals surface area contributed by atoms with E-state index in [-0.39, 0.29) is 35.3 Å². The summed E-state index contributed by atoms with van der Waals surface area (Å²) in [6, 6.07) is 14.0. The van der Waals surface area contributed by atoms with E-state index in [9.17, 15) is 26.4 Å². The van der Waals surface area contributed by atoms with Crippen molar-refractivity contribution < 1.29 is 31.2 Å². The zero-order chi connectivity index (χ0) is 33.3. The molecule has 2 aromatic rings. The number of hydrogen-bond donors (Lipinski definition) is 4. The molecule has 1 unspecified atom stereocenters. The van der Waals surface area contributed by atoms with Crippen LogP contribution in [-0.4, -0.2) is 90.7 Å². The molecule has 0 saturated carbocycles. The van der Waals surface area contributed by atoms with Crippen LogP contribution in [0.25, 0.3) is 0 Å². The highest BCUT2D eigenvalue weighted by Crippen LogP contribution is 2.37. The van der Waals surface area contributed by atoms with E-state index in [0.717, 1.165) is 37.1 Å². The van der Waals surface area contributed by atoms with Gasteiger partial charge in [-0.25, -0.2) is 21.6 Å². The monoisotopic (exact) mass is 696 g/mol. The maximum Gasteiger partial charge on any atom is 0.407 e. The predicted octanol–water partition coefficient (Wildman–Crippen LogP) is 3.30. The number of rotatable bonds is 13. The Labute approximate surface area is 277 Å². The number of ether oxygens (including phenoxy) is 1. The number of amides is 2. The van der Waals surface area contributed by atoms with Crippen molar-refractivity contribution in [2.45, 2.75) is 62.6 Å². The van der Waals surface area contributed by atoms with E-state index in [4.69, 9.17) is 16.3 Å². The lowest BCUT2D eigenvalue weighted by Gasteiger charge is -2.35. The molecule has 4 N–H and O–H groups in total. The van der Waals surface area contributed by atoms with Gasteiger partial charge in [-0.3, -0.25) is 4.79 Å². The molecule has 254 valence electrons. The number of benzene rings is 2. The Morgan fingerprint density at radius 1 is 1.00 bits per heavy atom. The number of carbonyl (C=O) groups excluding carboxylic acids is 2. The lowest BCUT2D eigenvalue weighted by molar-refractivity contribution is -0.119. The van der Waals surface area contributed by atoms with Crippen molar-refractivity contribution in [3.05, 3.63) is 64.7 Å². The van der Waals surface area contributed by atoms with Crippen LogP contribution in [0.2, 0.25) is 5.02 Å². The second-order valence-corrected chi connectivity index (χ2v) is 17.3. The fraction of sp³-hybridized carbons (Fsp3) is 0.562. The standard InChI is InChI=1S/C32H45ClN4O7S2/c1-44-32(39)37-30(29(23-9-12-25(33)13-10-23)24-15-18-46(42,43)19-16-24)31(38)36-28-8-4-3-6-22(28)11-14-27-21-34-26(20-35-27)7-5-17-45(2,40)41/h3-4,6,8-10,12-13,24,26-27,29-30,34-35H,5,7,11,14-21H2,1-2H3,(H,36,38)(H,37,39)/t26?,27-,29-,30-/m0/s1. The van der Waals surface area contributed by atoms with Gasteiger partial charge in [0.25, 0.3) is 0 Å². The van der Waals surface area contributed by atoms with Crippen LogP contribution in [0.5, 0.6) is 0 Å².